The largest absolute Gasteiger partial charge is 0.497 e. The smallest absolute Gasteiger partial charge is 0.251 e. The zero-order chi connectivity index (χ0) is 19.3. The quantitative estimate of drug-likeness (QED) is 0.748. The van der Waals surface area contributed by atoms with Crippen LogP contribution >= 0.6 is 0 Å². The molecule has 1 amide bonds. The minimum Gasteiger partial charge on any atom is -0.497 e. The first-order valence-electron chi connectivity index (χ1n) is 8.79. The van der Waals surface area contributed by atoms with Gasteiger partial charge in [0.05, 0.1) is 18.6 Å². The zero-order valence-electron chi connectivity index (χ0n) is 15.1. The molecule has 1 saturated heterocycles. The van der Waals surface area contributed by atoms with Gasteiger partial charge in [-0.3, -0.25) is 4.79 Å². The number of carbonyl (C=O) groups is 1. The first-order chi connectivity index (χ1) is 12.9. The van der Waals surface area contributed by atoms with Gasteiger partial charge in [-0.1, -0.05) is 12.1 Å². The lowest BCUT2D eigenvalue weighted by atomic mass is 10.1. The van der Waals surface area contributed by atoms with E-state index in [9.17, 15) is 13.2 Å². The van der Waals surface area contributed by atoms with Crippen LogP contribution in [-0.2, 0) is 16.3 Å². The van der Waals surface area contributed by atoms with Crippen molar-refractivity contribution in [1.29, 1.82) is 0 Å². The Kier molecular flexibility index (Phi) is 5.95. The molecule has 0 bridgehead atoms. The van der Waals surface area contributed by atoms with Gasteiger partial charge in [0.25, 0.3) is 5.91 Å². The Labute approximate surface area is 159 Å². The molecule has 144 valence electrons. The number of hydrogen-bond acceptors (Lipinski definition) is 6. The number of carbonyl (C=O) groups excluding carboxylic acids is 1. The summed E-state index contributed by atoms with van der Waals surface area (Å²) in [5.41, 5.74) is 1.60. The van der Waals surface area contributed by atoms with Crippen molar-refractivity contribution in [3.8, 4) is 5.75 Å². The van der Waals surface area contributed by atoms with Crippen LogP contribution in [0.2, 0.25) is 0 Å². The Morgan fingerprint density at radius 3 is 2.70 bits per heavy atom. The van der Waals surface area contributed by atoms with Crippen molar-refractivity contribution in [2.24, 2.45) is 0 Å². The van der Waals surface area contributed by atoms with E-state index in [1.165, 1.54) is 0 Å². The number of ether oxygens (including phenoxy) is 1. The monoisotopic (exact) mass is 389 g/mol. The molecule has 0 spiro atoms. The van der Waals surface area contributed by atoms with E-state index >= 15 is 0 Å². The highest BCUT2D eigenvalue weighted by atomic mass is 32.2. The van der Waals surface area contributed by atoms with Crippen LogP contribution in [0.3, 0.4) is 0 Å². The van der Waals surface area contributed by atoms with Crippen molar-refractivity contribution in [2.45, 2.75) is 18.9 Å². The second-order valence-electron chi connectivity index (χ2n) is 6.53. The average Bonchev–Trinajstić information content (AvgIpc) is 3.00. The Balaban J connectivity index is 1.52. The van der Waals surface area contributed by atoms with Gasteiger partial charge in [-0.25, -0.2) is 13.4 Å². The fourth-order valence-corrected chi connectivity index (χ4v) is 4.66. The van der Waals surface area contributed by atoms with E-state index in [0.717, 1.165) is 11.3 Å². The van der Waals surface area contributed by atoms with Crippen LogP contribution in [0.25, 0.3) is 0 Å². The number of hydrogen-bond donors (Lipinski definition) is 2. The van der Waals surface area contributed by atoms with Gasteiger partial charge in [-0.15, -0.1) is 0 Å². The molecule has 0 radical (unpaired) electrons. The Morgan fingerprint density at radius 1 is 1.26 bits per heavy atom. The predicted molar refractivity (Wildman–Crippen MR) is 104 cm³/mol. The van der Waals surface area contributed by atoms with Gasteiger partial charge < -0.3 is 15.4 Å². The molecule has 27 heavy (non-hydrogen) atoms. The maximum Gasteiger partial charge on any atom is 0.251 e. The summed E-state index contributed by atoms with van der Waals surface area (Å²) in [5.74, 6) is 1.42. The predicted octanol–water partition coefficient (Wildman–Crippen LogP) is 1.66. The molecule has 2 N–H and O–H groups in total. The van der Waals surface area contributed by atoms with Crippen LogP contribution in [-0.4, -0.2) is 50.5 Å². The number of benzene rings is 1. The molecule has 1 atom stereocenters. The number of amides is 1. The number of rotatable bonds is 7. The van der Waals surface area contributed by atoms with Crippen LogP contribution in [0.4, 0.5) is 5.82 Å². The second-order valence-corrected chi connectivity index (χ2v) is 8.76. The summed E-state index contributed by atoms with van der Waals surface area (Å²) in [6, 6.07) is 10.8. The summed E-state index contributed by atoms with van der Waals surface area (Å²) in [6.07, 6.45) is 2.82. The molecule has 1 aromatic heterocycles. The molecule has 2 heterocycles. The first-order valence-corrected chi connectivity index (χ1v) is 10.6. The lowest BCUT2D eigenvalue weighted by Gasteiger charge is -2.12. The van der Waals surface area contributed by atoms with E-state index in [1.54, 1.807) is 25.4 Å². The summed E-state index contributed by atoms with van der Waals surface area (Å²) >= 11 is 0. The third-order valence-corrected chi connectivity index (χ3v) is 6.23. The summed E-state index contributed by atoms with van der Waals surface area (Å²) in [5, 5.41) is 5.99. The summed E-state index contributed by atoms with van der Waals surface area (Å²) in [4.78, 5) is 16.5. The van der Waals surface area contributed by atoms with Crippen molar-refractivity contribution < 1.29 is 17.9 Å². The van der Waals surface area contributed by atoms with Crippen molar-refractivity contribution >= 4 is 21.6 Å². The Morgan fingerprint density at radius 2 is 2.04 bits per heavy atom. The fraction of sp³-hybridized carbons (Fsp3) is 0.368. The van der Waals surface area contributed by atoms with E-state index in [0.29, 0.717) is 30.8 Å². The molecule has 8 heteroatoms. The number of nitrogens with one attached hydrogen (secondary N) is 2. The minimum atomic E-state index is -2.96. The SMILES string of the molecule is COc1ccc(CCNC(=O)c2ccnc(NC3CCS(=O)(=O)C3)c2)cc1. The Hall–Kier alpha value is -2.61. The highest BCUT2D eigenvalue weighted by Gasteiger charge is 2.27. The maximum atomic E-state index is 12.3. The summed E-state index contributed by atoms with van der Waals surface area (Å²) in [6.45, 7) is 0.511. The first kappa shape index (κ1) is 19.2. The lowest BCUT2D eigenvalue weighted by Crippen LogP contribution is -2.26. The van der Waals surface area contributed by atoms with Gasteiger partial charge in [-0.2, -0.15) is 0 Å². The minimum absolute atomic E-state index is 0.104. The average molecular weight is 389 g/mol. The van der Waals surface area contributed by atoms with Crippen molar-refractivity contribution in [3.63, 3.8) is 0 Å². The molecule has 0 aliphatic carbocycles. The number of sulfone groups is 1. The molecular formula is C19H23N3O4S. The summed E-state index contributed by atoms with van der Waals surface area (Å²) < 4.78 is 28.2. The topological polar surface area (TPSA) is 97.4 Å². The van der Waals surface area contributed by atoms with Crippen LogP contribution in [0, 0.1) is 0 Å². The molecule has 1 aliphatic heterocycles. The number of anilines is 1. The highest BCUT2D eigenvalue weighted by molar-refractivity contribution is 7.91. The molecule has 1 aromatic carbocycles. The van der Waals surface area contributed by atoms with Gasteiger partial charge >= 0.3 is 0 Å². The van der Waals surface area contributed by atoms with Gasteiger partial charge in [0, 0.05) is 24.3 Å². The van der Waals surface area contributed by atoms with Gasteiger partial charge in [0.15, 0.2) is 9.84 Å². The third-order valence-electron chi connectivity index (χ3n) is 4.46. The van der Waals surface area contributed by atoms with Crippen molar-refractivity contribution in [3.05, 3.63) is 53.7 Å². The lowest BCUT2D eigenvalue weighted by molar-refractivity contribution is 0.0954. The molecule has 3 rings (SSSR count). The molecule has 1 unspecified atom stereocenters. The molecule has 1 fully saturated rings. The fourth-order valence-electron chi connectivity index (χ4n) is 2.98. The van der Waals surface area contributed by atoms with E-state index in [2.05, 4.69) is 15.6 Å². The maximum absolute atomic E-state index is 12.3. The standard InChI is InChI=1S/C19H23N3O4S/c1-26-17-4-2-14(3-5-17)6-9-21-19(23)15-7-10-20-18(12-15)22-16-8-11-27(24,25)13-16/h2-5,7,10,12,16H,6,8-9,11,13H2,1H3,(H,20,22)(H,21,23). The van der Waals surface area contributed by atoms with Crippen molar-refractivity contribution in [1.82, 2.24) is 10.3 Å². The third kappa shape index (κ3) is 5.43. The number of pyridine rings is 1. The van der Waals surface area contributed by atoms with Gasteiger partial charge in [0.1, 0.15) is 11.6 Å². The van der Waals surface area contributed by atoms with Crippen molar-refractivity contribution in [2.75, 3.05) is 30.5 Å². The van der Waals surface area contributed by atoms with E-state index in [1.807, 2.05) is 24.3 Å². The van der Waals surface area contributed by atoms with E-state index in [4.69, 9.17) is 4.74 Å². The summed E-state index contributed by atoms with van der Waals surface area (Å²) in [7, 11) is -1.34. The highest BCUT2D eigenvalue weighted by Crippen LogP contribution is 2.17. The number of aromatic nitrogens is 1. The zero-order valence-corrected chi connectivity index (χ0v) is 16.0. The molecule has 7 nitrogen and oxygen atoms in total. The van der Waals surface area contributed by atoms with Gasteiger partial charge in [0.2, 0.25) is 0 Å². The van der Waals surface area contributed by atoms with Crippen LogP contribution in [0.5, 0.6) is 5.75 Å². The number of nitrogens with zero attached hydrogens (tertiary/aromatic N) is 1. The van der Waals surface area contributed by atoms with Crippen LogP contribution in [0.15, 0.2) is 42.6 Å². The van der Waals surface area contributed by atoms with Crippen LogP contribution in [0.1, 0.15) is 22.3 Å². The van der Waals surface area contributed by atoms with Gasteiger partial charge in [-0.05, 0) is 42.7 Å². The molecule has 2 aromatic rings. The van der Waals surface area contributed by atoms with E-state index < -0.39 is 9.84 Å². The molecular weight excluding hydrogens is 366 g/mol. The number of methoxy groups -OCH3 is 1. The molecule has 1 aliphatic rings. The second kappa shape index (κ2) is 8.39. The van der Waals surface area contributed by atoms with E-state index in [-0.39, 0.29) is 23.5 Å². The molecule has 0 saturated carbocycles. The Bertz CT molecular complexity index is 897. The van der Waals surface area contributed by atoms with Crippen LogP contribution < -0.4 is 15.4 Å². The normalized spacial score (nSPS) is 18.0.